The zero-order chi connectivity index (χ0) is 36.7. The lowest BCUT2D eigenvalue weighted by molar-refractivity contribution is 0.619. The number of nitrogens with zero attached hydrogens (tertiary/aromatic N) is 4. The van der Waals surface area contributed by atoms with E-state index in [0.29, 0.717) is 11.8 Å². The number of hydrogen-bond donors (Lipinski definition) is 0. The molecule has 0 fully saturated rings. The molecular formula is C50H30N4O2. The van der Waals surface area contributed by atoms with E-state index >= 15 is 0 Å². The van der Waals surface area contributed by atoms with Gasteiger partial charge < -0.3 is 8.83 Å². The largest absolute Gasteiger partial charge is 0.436 e. The maximum atomic E-state index is 6.12. The van der Waals surface area contributed by atoms with Crippen LogP contribution in [0.15, 0.2) is 191 Å². The van der Waals surface area contributed by atoms with Gasteiger partial charge in [0.1, 0.15) is 11.0 Å². The van der Waals surface area contributed by atoms with E-state index in [1.807, 2.05) is 48.5 Å². The second kappa shape index (κ2) is 11.9. The van der Waals surface area contributed by atoms with Crippen LogP contribution in [0, 0.1) is 0 Å². The molecule has 0 aliphatic heterocycles. The first-order valence-electron chi connectivity index (χ1n) is 18.7. The van der Waals surface area contributed by atoms with Gasteiger partial charge >= 0.3 is 0 Å². The Morgan fingerprint density at radius 2 is 0.696 bits per heavy atom. The first-order valence-corrected chi connectivity index (χ1v) is 18.7. The van der Waals surface area contributed by atoms with Gasteiger partial charge in [-0.05, 0) is 71.8 Å². The summed E-state index contributed by atoms with van der Waals surface area (Å²) < 4.78 is 17.1. The van der Waals surface area contributed by atoms with Crippen molar-refractivity contribution < 1.29 is 8.83 Å². The standard InChI is InChI=1S/C50H30N4O2/c1-5-19-43-37(11-1)39-15-9-13-35(31-23-27-33(28-24-31)49-51-41-17-3-7-21-45(41)55-49)47(39)53(43)54-44-20-6-2-12-38(44)40-16-10-14-36(48(40)54)32-25-29-34(30-26-32)50-52-42-18-4-8-22-46(42)56-50/h1-30H. The summed E-state index contributed by atoms with van der Waals surface area (Å²) in [4.78, 5) is 9.50. The average Bonchev–Trinajstić information content (AvgIpc) is 4.05. The fraction of sp³-hybridized carbons (Fsp3) is 0. The van der Waals surface area contributed by atoms with Crippen molar-refractivity contribution in [1.29, 1.82) is 0 Å². The third-order valence-corrected chi connectivity index (χ3v) is 11.0. The number of hydrogen-bond acceptors (Lipinski definition) is 4. The van der Waals surface area contributed by atoms with E-state index in [4.69, 9.17) is 18.8 Å². The molecule has 0 N–H and O–H groups in total. The Balaban J connectivity index is 1.08. The first-order chi connectivity index (χ1) is 27.8. The molecule has 56 heavy (non-hydrogen) atoms. The lowest BCUT2D eigenvalue weighted by atomic mass is 10.0. The lowest BCUT2D eigenvalue weighted by Gasteiger charge is -2.17. The smallest absolute Gasteiger partial charge is 0.227 e. The number of rotatable bonds is 5. The van der Waals surface area contributed by atoms with Gasteiger partial charge in [0.2, 0.25) is 11.8 Å². The van der Waals surface area contributed by atoms with Gasteiger partial charge in [-0.2, -0.15) is 0 Å². The normalized spacial score (nSPS) is 11.9. The molecule has 12 rings (SSSR count). The van der Waals surface area contributed by atoms with Gasteiger partial charge in [0.25, 0.3) is 0 Å². The van der Waals surface area contributed by atoms with Crippen LogP contribution < -0.4 is 0 Å². The minimum absolute atomic E-state index is 0.616. The molecule has 0 radical (unpaired) electrons. The lowest BCUT2D eigenvalue weighted by Crippen LogP contribution is -2.09. The van der Waals surface area contributed by atoms with E-state index in [-0.39, 0.29) is 0 Å². The van der Waals surface area contributed by atoms with Gasteiger partial charge in [-0.3, -0.25) is 0 Å². The van der Waals surface area contributed by atoms with Crippen LogP contribution in [0.1, 0.15) is 0 Å². The van der Waals surface area contributed by atoms with E-state index in [2.05, 4.69) is 143 Å². The highest BCUT2D eigenvalue weighted by molar-refractivity contribution is 6.16. The van der Waals surface area contributed by atoms with Crippen LogP contribution in [0.3, 0.4) is 0 Å². The van der Waals surface area contributed by atoms with Gasteiger partial charge in [0.15, 0.2) is 11.2 Å². The van der Waals surface area contributed by atoms with Crippen molar-refractivity contribution in [3.8, 4) is 45.2 Å². The number of para-hydroxylation sites is 8. The fourth-order valence-electron chi connectivity index (χ4n) is 8.45. The van der Waals surface area contributed by atoms with Crippen molar-refractivity contribution in [2.75, 3.05) is 0 Å². The van der Waals surface area contributed by atoms with E-state index < -0.39 is 0 Å². The molecule has 0 saturated carbocycles. The molecular weight excluding hydrogens is 689 g/mol. The maximum absolute atomic E-state index is 6.12. The molecule has 0 unspecified atom stereocenters. The summed E-state index contributed by atoms with van der Waals surface area (Å²) in [6, 6.07) is 63.6. The van der Waals surface area contributed by atoms with Crippen LogP contribution >= 0.6 is 0 Å². The molecule has 6 nitrogen and oxygen atoms in total. The van der Waals surface area contributed by atoms with Crippen molar-refractivity contribution in [3.63, 3.8) is 0 Å². The molecule has 0 aliphatic carbocycles. The third kappa shape index (κ3) is 4.56. The van der Waals surface area contributed by atoms with Crippen LogP contribution in [0.5, 0.6) is 0 Å². The highest BCUT2D eigenvalue weighted by Crippen LogP contribution is 2.42. The number of fused-ring (bicyclic) bond motifs is 8. The summed E-state index contributed by atoms with van der Waals surface area (Å²) in [5, 5.41) is 4.76. The highest BCUT2D eigenvalue weighted by Gasteiger charge is 2.22. The highest BCUT2D eigenvalue weighted by atomic mass is 16.4. The molecule has 0 aliphatic rings. The number of benzene rings is 8. The molecule has 0 atom stereocenters. The van der Waals surface area contributed by atoms with Crippen molar-refractivity contribution >= 4 is 65.8 Å². The topological polar surface area (TPSA) is 61.9 Å². The molecule has 0 bridgehead atoms. The Kier molecular flexibility index (Phi) is 6.53. The average molecular weight is 719 g/mol. The van der Waals surface area contributed by atoms with Crippen LogP contribution in [0.2, 0.25) is 0 Å². The molecule has 8 aromatic carbocycles. The van der Waals surface area contributed by atoms with Crippen molar-refractivity contribution in [2.24, 2.45) is 0 Å². The van der Waals surface area contributed by atoms with Crippen molar-refractivity contribution in [3.05, 3.63) is 182 Å². The van der Waals surface area contributed by atoms with Gasteiger partial charge in [-0.1, -0.05) is 121 Å². The van der Waals surface area contributed by atoms with Gasteiger partial charge in [0.05, 0.1) is 22.1 Å². The molecule has 0 amide bonds. The summed E-state index contributed by atoms with van der Waals surface area (Å²) in [6.07, 6.45) is 0. The Morgan fingerprint density at radius 1 is 0.321 bits per heavy atom. The Hall–Kier alpha value is -7.70. The molecule has 0 spiro atoms. The molecule has 12 aromatic rings. The quantitative estimate of drug-likeness (QED) is 0.178. The minimum Gasteiger partial charge on any atom is -0.436 e. The molecule has 4 aromatic heterocycles. The molecule has 6 heteroatoms. The zero-order valence-corrected chi connectivity index (χ0v) is 29.9. The maximum Gasteiger partial charge on any atom is 0.227 e. The summed E-state index contributed by atoms with van der Waals surface area (Å²) in [5.41, 5.74) is 14.1. The fourth-order valence-corrected chi connectivity index (χ4v) is 8.45. The monoisotopic (exact) mass is 718 g/mol. The Morgan fingerprint density at radius 3 is 1.14 bits per heavy atom. The summed E-state index contributed by atoms with van der Waals surface area (Å²) in [7, 11) is 0. The number of aromatic nitrogens is 4. The van der Waals surface area contributed by atoms with E-state index in [1.165, 1.54) is 21.5 Å². The predicted molar refractivity (Wildman–Crippen MR) is 227 cm³/mol. The van der Waals surface area contributed by atoms with Crippen molar-refractivity contribution in [1.82, 2.24) is 19.3 Å². The van der Waals surface area contributed by atoms with E-state index in [1.54, 1.807) is 0 Å². The van der Waals surface area contributed by atoms with Crippen LogP contribution in [0.4, 0.5) is 0 Å². The second-order valence-electron chi connectivity index (χ2n) is 14.2. The first kappa shape index (κ1) is 30.7. The minimum atomic E-state index is 0.616. The third-order valence-electron chi connectivity index (χ3n) is 11.0. The summed E-state index contributed by atoms with van der Waals surface area (Å²) in [6.45, 7) is 0. The second-order valence-corrected chi connectivity index (χ2v) is 14.2. The predicted octanol–water partition coefficient (Wildman–Crippen LogP) is 13.2. The summed E-state index contributed by atoms with van der Waals surface area (Å²) >= 11 is 0. The zero-order valence-electron chi connectivity index (χ0n) is 29.9. The SMILES string of the molecule is c1ccc2oc(-c3ccc(-c4cccc5c6ccccc6n(-n6c7ccccc7c7cccc(-c8ccc(-c9nc%10ccccc%10o9)cc8)c76)c45)cc3)nc2c1. The van der Waals surface area contributed by atoms with Gasteiger partial charge in [-0.15, -0.1) is 0 Å². The molecule has 0 saturated heterocycles. The van der Waals surface area contributed by atoms with Crippen LogP contribution in [-0.4, -0.2) is 19.3 Å². The van der Waals surface area contributed by atoms with Gasteiger partial charge in [0, 0.05) is 43.8 Å². The molecule has 262 valence electrons. The van der Waals surface area contributed by atoms with Crippen LogP contribution in [0.25, 0.3) is 111 Å². The number of oxazole rings is 2. The Bertz CT molecular complexity index is 3170. The summed E-state index contributed by atoms with van der Waals surface area (Å²) in [5.74, 6) is 1.23. The van der Waals surface area contributed by atoms with Gasteiger partial charge in [-0.25, -0.2) is 19.3 Å². The molecule has 4 heterocycles. The van der Waals surface area contributed by atoms with Crippen molar-refractivity contribution in [2.45, 2.75) is 0 Å². The van der Waals surface area contributed by atoms with E-state index in [0.717, 1.165) is 77.6 Å². The van der Waals surface area contributed by atoms with E-state index in [9.17, 15) is 0 Å². The Labute approximate surface area is 320 Å². The van der Waals surface area contributed by atoms with Crippen LogP contribution in [-0.2, 0) is 0 Å².